The molecule has 20 heavy (non-hydrogen) atoms. The van der Waals surface area contributed by atoms with Gasteiger partial charge in [0.05, 0.1) is 9.95 Å². The lowest BCUT2D eigenvalue weighted by Crippen LogP contribution is -2.32. The van der Waals surface area contributed by atoms with E-state index in [0.717, 1.165) is 11.6 Å². The maximum Gasteiger partial charge on any atom is 0.290 e. The number of rotatable bonds is 5. The van der Waals surface area contributed by atoms with Gasteiger partial charge in [-0.3, -0.25) is 14.9 Å². The Labute approximate surface area is 126 Å². The van der Waals surface area contributed by atoms with Gasteiger partial charge in [0.15, 0.2) is 0 Å². The van der Waals surface area contributed by atoms with Gasteiger partial charge in [0.25, 0.3) is 11.6 Å². The lowest BCUT2D eigenvalue weighted by molar-refractivity contribution is -0.384. The van der Waals surface area contributed by atoms with Gasteiger partial charge in [-0.1, -0.05) is 35.4 Å². The van der Waals surface area contributed by atoms with Crippen LogP contribution < -0.4 is 0 Å². The quantitative estimate of drug-likeness (QED) is 0.469. The maximum absolute atomic E-state index is 12.3. The fraction of sp³-hybridized carbons (Fsp3) is 0.308. The second-order valence-electron chi connectivity index (χ2n) is 4.32. The van der Waals surface area contributed by atoms with Crippen molar-refractivity contribution in [1.29, 1.82) is 0 Å². The Bertz CT molecular complexity index is 573. The van der Waals surface area contributed by atoms with Crippen LogP contribution in [0.1, 0.15) is 24.2 Å². The summed E-state index contributed by atoms with van der Waals surface area (Å²) in [5.41, 5.74) is 0.567. The molecule has 7 heteroatoms. The van der Waals surface area contributed by atoms with Crippen LogP contribution in [0.25, 0.3) is 0 Å². The summed E-state index contributed by atoms with van der Waals surface area (Å²) < 4.78 is 0. The minimum atomic E-state index is -0.667. The van der Waals surface area contributed by atoms with E-state index in [2.05, 4.69) is 6.58 Å². The number of nitro groups is 1. The van der Waals surface area contributed by atoms with Crippen LogP contribution in [0.2, 0.25) is 10.0 Å². The Kier molecular flexibility index (Phi) is 5.53. The first-order valence-corrected chi connectivity index (χ1v) is 6.60. The number of amides is 1. The summed E-state index contributed by atoms with van der Waals surface area (Å²) >= 11 is 11.6. The van der Waals surface area contributed by atoms with Crippen molar-refractivity contribution in [2.75, 3.05) is 13.1 Å². The van der Waals surface area contributed by atoms with Crippen molar-refractivity contribution in [3.05, 3.63) is 50.0 Å². The Morgan fingerprint density at radius 3 is 2.50 bits per heavy atom. The van der Waals surface area contributed by atoms with Crippen molar-refractivity contribution in [3.8, 4) is 0 Å². The van der Waals surface area contributed by atoms with Gasteiger partial charge < -0.3 is 4.90 Å². The molecule has 1 aromatic rings. The average molecular weight is 317 g/mol. The lowest BCUT2D eigenvalue weighted by atomic mass is 10.1. The smallest absolute Gasteiger partial charge is 0.290 e. The van der Waals surface area contributed by atoms with Gasteiger partial charge in [-0.2, -0.15) is 0 Å². The number of hydrogen-bond acceptors (Lipinski definition) is 3. The second-order valence-corrected chi connectivity index (χ2v) is 5.11. The number of benzene rings is 1. The fourth-order valence-electron chi connectivity index (χ4n) is 1.67. The van der Waals surface area contributed by atoms with Crippen LogP contribution >= 0.6 is 23.2 Å². The van der Waals surface area contributed by atoms with E-state index in [1.165, 1.54) is 11.0 Å². The fourth-order valence-corrected chi connectivity index (χ4v) is 2.06. The van der Waals surface area contributed by atoms with Crippen molar-refractivity contribution < 1.29 is 9.72 Å². The van der Waals surface area contributed by atoms with Crippen LogP contribution in [0.5, 0.6) is 0 Å². The second kappa shape index (κ2) is 6.72. The summed E-state index contributed by atoms with van der Waals surface area (Å²) in [5, 5.41) is 10.7. The van der Waals surface area contributed by atoms with E-state index < -0.39 is 4.92 Å². The summed E-state index contributed by atoms with van der Waals surface area (Å²) in [6.07, 6.45) is 0. The first-order chi connectivity index (χ1) is 9.27. The molecule has 0 aromatic heterocycles. The summed E-state index contributed by atoms with van der Waals surface area (Å²) in [6.45, 7) is 8.19. The van der Waals surface area contributed by atoms with Crippen LogP contribution in [0.3, 0.4) is 0 Å². The van der Waals surface area contributed by atoms with E-state index in [1.807, 2.05) is 6.92 Å². The molecule has 1 rings (SSSR count). The number of nitro benzene ring substituents is 1. The largest absolute Gasteiger partial charge is 0.335 e. The summed E-state index contributed by atoms with van der Waals surface area (Å²) in [7, 11) is 0. The molecule has 0 aliphatic heterocycles. The SMILES string of the molecule is C=C(C)CN(CC)C(=O)c1cc(Cl)c(Cl)c([N+](=O)[O-])c1. The zero-order valence-electron chi connectivity index (χ0n) is 11.2. The van der Waals surface area contributed by atoms with E-state index in [9.17, 15) is 14.9 Å². The molecule has 0 aliphatic carbocycles. The molecule has 5 nitrogen and oxygen atoms in total. The Morgan fingerprint density at radius 1 is 1.45 bits per heavy atom. The van der Waals surface area contributed by atoms with Crippen LogP contribution in [0.4, 0.5) is 5.69 Å². The zero-order valence-corrected chi connectivity index (χ0v) is 12.7. The van der Waals surface area contributed by atoms with Crippen molar-refractivity contribution in [1.82, 2.24) is 4.90 Å². The molecule has 0 saturated carbocycles. The van der Waals surface area contributed by atoms with Crippen LogP contribution in [0.15, 0.2) is 24.3 Å². The van der Waals surface area contributed by atoms with E-state index in [4.69, 9.17) is 23.2 Å². The number of nitrogens with zero attached hydrogens (tertiary/aromatic N) is 2. The van der Waals surface area contributed by atoms with Gasteiger partial charge in [-0.25, -0.2) is 0 Å². The van der Waals surface area contributed by atoms with Gasteiger partial charge in [0.2, 0.25) is 0 Å². The van der Waals surface area contributed by atoms with E-state index >= 15 is 0 Å². The van der Waals surface area contributed by atoms with Crippen LogP contribution in [0, 0.1) is 10.1 Å². The van der Waals surface area contributed by atoms with Crippen molar-refractivity contribution in [2.24, 2.45) is 0 Å². The van der Waals surface area contributed by atoms with Crippen molar-refractivity contribution >= 4 is 34.8 Å². The Hall–Kier alpha value is -1.59. The molecule has 0 unspecified atom stereocenters. The van der Waals surface area contributed by atoms with Gasteiger partial charge in [0.1, 0.15) is 5.02 Å². The first-order valence-electron chi connectivity index (χ1n) is 5.85. The molecule has 108 valence electrons. The molecule has 0 fully saturated rings. The standard InChI is InChI=1S/C13H14Cl2N2O3/c1-4-16(7-8(2)3)13(18)9-5-10(14)12(15)11(6-9)17(19)20/h5-6H,2,4,7H2,1,3H3. The summed E-state index contributed by atoms with van der Waals surface area (Å²) in [6, 6.07) is 2.47. The lowest BCUT2D eigenvalue weighted by Gasteiger charge is -2.21. The zero-order chi connectivity index (χ0) is 15.4. The van der Waals surface area contributed by atoms with E-state index in [1.54, 1.807) is 6.92 Å². The highest BCUT2D eigenvalue weighted by Crippen LogP contribution is 2.33. The highest BCUT2D eigenvalue weighted by Gasteiger charge is 2.22. The molecule has 0 heterocycles. The molecule has 1 amide bonds. The molecule has 0 atom stereocenters. The number of hydrogen-bond donors (Lipinski definition) is 0. The molecule has 0 saturated heterocycles. The topological polar surface area (TPSA) is 63.5 Å². The molecule has 0 bridgehead atoms. The van der Waals surface area contributed by atoms with Gasteiger partial charge >= 0.3 is 0 Å². The third-order valence-corrected chi connectivity index (χ3v) is 3.37. The predicted octanol–water partition coefficient (Wildman–Crippen LogP) is 3.94. The molecule has 0 N–H and O–H groups in total. The molecular weight excluding hydrogens is 303 g/mol. The third kappa shape index (κ3) is 3.71. The Balaban J connectivity index is 3.22. The van der Waals surface area contributed by atoms with Crippen molar-refractivity contribution in [2.45, 2.75) is 13.8 Å². The molecule has 0 spiro atoms. The van der Waals surface area contributed by atoms with E-state index in [0.29, 0.717) is 13.1 Å². The van der Waals surface area contributed by atoms with Gasteiger partial charge in [-0.15, -0.1) is 0 Å². The number of halogens is 2. The molecule has 1 aromatic carbocycles. The van der Waals surface area contributed by atoms with Crippen molar-refractivity contribution in [3.63, 3.8) is 0 Å². The minimum Gasteiger partial charge on any atom is -0.335 e. The maximum atomic E-state index is 12.3. The summed E-state index contributed by atoms with van der Waals surface area (Å²) in [4.78, 5) is 24.1. The monoisotopic (exact) mass is 316 g/mol. The van der Waals surface area contributed by atoms with Gasteiger partial charge in [0, 0.05) is 24.7 Å². The molecule has 0 aliphatic rings. The third-order valence-electron chi connectivity index (χ3n) is 2.58. The van der Waals surface area contributed by atoms with Crippen LogP contribution in [-0.2, 0) is 0 Å². The van der Waals surface area contributed by atoms with E-state index in [-0.39, 0.29) is 27.2 Å². The predicted molar refractivity (Wildman–Crippen MR) is 79.5 cm³/mol. The first kappa shape index (κ1) is 16.5. The highest BCUT2D eigenvalue weighted by atomic mass is 35.5. The summed E-state index contributed by atoms with van der Waals surface area (Å²) in [5.74, 6) is -0.350. The number of likely N-dealkylation sites (N-methyl/N-ethyl adjacent to an activating group) is 1. The van der Waals surface area contributed by atoms with Crippen LogP contribution in [-0.4, -0.2) is 28.8 Å². The Morgan fingerprint density at radius 2 is 2.05 bits per heavy atom. The molecule has 0 radical (unpaired) electrons. The number of carbonyl (C=O) groups excluding carboxylic acids is 1. The van der Waals surface area contributed by atoms with Gasteiger partial charge in [-0.05, 0) is 19.9 Å². The molecular formula is C13H14Cl2N2O3. The highest BCUT2D eigenvalue weighted by molar-refractivity contribution is 6.43. The minimum absolute atomic E-state index is 0.0180. The normalized spacial score (nSPS) is 10.2. The number of carbonyl (C=O) groups is 1. The average Bonchev–Trinajstić information content (AvgIpc) is 2.37.